The number of nitrogen functional groups attached to an aromatic ring is 1. The number of anilines is 1. The highest BCUT2D eigenvalue weighted by molar-refractivity contribution is 8.00. The van der Waals surface area contributed by atoms with E-state index in [4.69, 9.17) is 10.5 Å². The van der Waals surface area contributed by atoms with E-state index in [0.717, 1.165) is 12.3 Å². The molecule has 3 heteroatoms. The van der Waals surface area contributed by atoms with Gasteiger partial charge in [-0.15, -0.1) is 11.8 Å². The van der Waals surface area contributed by atoms with Gasteiger partial charge in [-0.25, -0.2) is 0 Å². The predicted octanol–water partition coefficient (Wildman–Crippen LogP) is 4.16. The molecule has 104 valence electrons. The number of aryl methyl sites for hydroxylation is 1. The Bertz CT molecular complexity index is 454. The Morgan fingerprint density at radius 3 is 2.84 bits per heavy atom. The van der Waals surface area contributed by atoms with Crippen molar-refractivity contribution in [3.63, 3.8) is 0 Å². The SMILES string of the molecule is Cc1cc(N)ccc1SC1CCOC2(CCCC2)C1. The third-order valence-corrected chi connectivity index (χ3v) is 5.90. The second-order valence-corrected chi connectivity index (χ2v) is 7.34. The van der Waals surface area contributed by atoms with Crippen LogP contribution in [0.2, 0.25) is 0 Å². The zero-order valence-electron chi connectivity index (χ0n) is 11.7. The van der Waals surface area contributed by atoms with Crippen LogP contribution in [-0.2, 0) is 4.74 Å². The quantitative estimate of drug-likeness (QED) is 0.824. The minimum atomic E-state index is 0.220. The molecule has 0 aromatic heterocycles. The summed E-state index contributed by atoms with van der Waals surface area (Å²) in [5.74, 6) is 0. The van der Waals surface area contributed by atoms with Crippen molar-refractivity contribution in [2.75, 3.05) is 12.3 Å². The molecule has 1 saturated heterocycles. The normalized spacial score (nSPS) is 25.8. The van der Waals surface area contributed by atoms with Crippen LogP contribution in [0.1, 0.15) is 44.1 Å². The molecular weight excluding hydrogens is 254 g/mol. The molecule has 1 unspecified atom stereocenters. The lowest BCUT2D eigenvalue weighted by Gasteiger charge is -2.38. The lowest BCUT2D eigenvalue weighted by atomic mass is 9.92. The van der Waals surface area contributed by atoms with Crippen LogP contribution in [0, 0.1) is 6.92 Å². The number of hydrogen-bond donors (Lipinski definition) is 1. The lowest BCUT2D eigenvalue weighted by molar-refractivity contribution is -0.0704. The van der Waals surface area contributed by atoms with E-state index < -0.39 is 0 Å². The zero-order valence-corrected chi connectivity index (χ0v) is 12.5. The van der Waals surface area contributed by atoms with Crippen LogP contribution in [-0.4, -0.2) is 17.5 Å². The number of benzene rings is 1. The van der Waals surface area contributed by atoms with E-state index in [0.29, 0.717) is 5.25 Å². The molecule has 1 atom stereocenters. The molecule has 0 radical (unpaired) electrons. The fraction of sp³-hybridized carbons (Fsp3) is 0.625. The molecule has 1 aromatic carbocycles. The topological polar surface area (TPSA) is 35.2 Å². The van der Waals surface area contributed by atoms with Crippen LogP contribution < -0.4 is 5.73 Å². The Labute approximate surface area is 120 Å². The zero-order chi connectivity index (χ0) is 13.3. The van der Waals surface area contributed by atoms with Gasteiger partial charge in [-0.05, 0) is 56.4 Å². The van der Waals surface area contributed by atoms with Crippen LogP contribution in [0.5, 0.6) is 0 Å². The van der Waals surface area contributed by atoms with Gasteiger partial charge in [0.15, 0.2) is 0 Å². The molecule has 3 rings (SSSR count). The number of thioether (sulfide) groups is 1. The Hall–Kier alpha value is -0.670. The van der Waals surface area contributed by atoms with Gasteiger partial charge in [-0.2, -0.15) is 0 Å². The fourth-order valence-corrected chi connectivity index (χ4v) is 4.79. The van der Waals surface area contributed by atoms with Gasteiger partial charge in [0, 0.05) is 22.4 Å². The van der Waals surface area contributed by atoms with Gasteiger partial charge in [0.05, 0.1) is 5.60 Å². The third-order valence-electron chi connectivity index (χ3n) is 4.46. The Kier molecular flexibility index (Phi) is 3.77. The monoisotopic (exact) mass is 277 g/mol. The van der Waals surface area contributed by atoms with E-state index >= 15 is 0 Å². The molecule has 1 aromatic rings. The standard InChI is InChI=1S/C16H23NOS/c1-12-10-13(17)4-5-15(12)19-14-6-9-18-16(11-14)7-2-3-8-16/h4-5,10,14H,2-3,6-9,11,17H2,1H3. The van der Waals surface area contributed by atoms with Gasteiger partial charge < -0.3 is 10.5 Å². The smallest absolute Gasteiger partial charge is 0.0693 e. The van der Waals surface area contributed by atoms with E-state index in [1.54, 1.807) is 0 Å². The maximum Gasteiger partial charge on any atom is 0.0693 e. The van der Waals surface area contributed by atoms with E-state index in [2.05, 4.69) is 19.1 Å². The summed E-state index contributed by atoms with van der Waals surface area (Å²) < 4.78 is 6.11. The Morgan fingerprint density at radius 1 is 1.32 bits per heavy atom. The average molecular weight is 277 g/mol. The summed E-state index contributed by atoms with van der Waals surface area (Å²) in [6.45, 7) is 3.09. The number of rotatable bonds is 2. The van der Waals surface area contributed by atoms with Crippen molar-refractivity contribution >= 4 is 17.4 Å². The first-order valence-electron chi connectivity index (χ1n) is 7.34. The molecule has 1 spiro atoms. The molecule has 2 nitrogen and oxygen atoms in total. The maximum atomic E-state index is 6.11. The van der Waals surface area contributed by atoms with Crippen molar-refractivity contribution in [1.82, 2.24) is 0 Å². The second kappa shape index (κ2) is 5.37. The summed E-state index contributed by atoms with van der Waals surface area (Å²) in [6.07, 6.45) is 7.63. The minimum absolute atomic E-state index is 0.220. The van der Waals surface area contributed by atoms with Gasteiger partial charge in [-0.1, -0.05) is 12.8 Å². The highest BCUT2D eigenvalue weighted by Crippen LogP contribution is 2.44. The molecule has 19 heavy (non-hydrogen) atoms. The molecular formula is C16H23NOS. The van der Waals surface area contributed by atoms with Crippen LogP contribution in [0.3, 0.4) is 0 Å². The predicted molar refractivity (Wildman–Crippen MR) is 81.6 cm³/mol. The molecule has 2 fully saturated rings. The van der Waals surface area contributed by atoms with Gasteiger partial charge >= 0.3 is 0 Å². The summed E-state index contributed by atoms with van der Waals surface area (Å²) in [5, 5.41) is 0.703. The number of hydrogen-bond acceptors (Lipinski definition) is 3. The van der Waals surface area contributed by atoms with Gasteiger partial charge in [0.25, 0.3) is 0 Å². The highest BCUT2D eigenvalue weighted by atomic mass is 32.2. The molecule has 2 aliphatic rings. The number of nitrogens with two attached hydrogens (primary N) is 1. The molecule has 0 bridgehead atoms. The molecule has 2 N–H and O–H groups in total. The summed E-state index contributed by atoms with van der Waals surface area (Å²) in [7, 11) is 0. The third kappa shape index (κ3) is 2.92. The summed E-state index contributed by atoms with van der Waals surface area (Å²) in [5.41, 5.74) is 8.21. The maximum absolute atomic E-state index is 6.11. The lowest BCUT2D eigenvalue weighted by Crippen LogP contribution is -2.38. The van der Waals surface area contributed by atoms with Crippen molar-refractivity contribution in [3.05, 3.63) is 23.8 Å². The van der Waals surface area contributed by atoms with Crippen molar-refractivity contribution in [2.45, 2.75) is 61.2 Å². The van der Waals surface area contributed by atoms with E-state index in [-0.39, 0.29) is 5.60 Å². The molecule has 1 aliphatic heterocycles. The summed E-state index contributed by atoms with van der Waals surface area (Å²) in [4.78, 5) is 1.38. The van der Waals surface area contributed by atoms with Crippen LogP contribution in [0.4, 0.5) is 5.69 Å². The number of ether oxygens (including phenoxy) is 1. The largest absolute Gasteiger partial charge is 0.399 e. The van der Waals surface area contributed by atoms with Crippen molar-refractivity contribution in [1.29, 1.82) is 0 Å². The fourth-order valence-electron chi connectivity index (χ4n) is 3.44. The Morgan fingerprint density at radius 2 is 2.11 bits per heavy atom. The molecule has 1 heterocycles. The van der Waals surface area contributed by atoms with Gasteiger partial charge in [-0.3, -0.25) is 0 Å². The Balaban J connectivity index is 1.69. The first-order chi connectivity index (χ1) is 9.17. The summed E-state index contributed by atoms with van der Waals surface area (Å²) >= 11 is 2.03. The molecule has 0 amide bonds. The van der Waals surface area contributed by atoms with Crippen LogP contribution in [0.25, 0.3) is 0 Å². The van der Waals surface area contributed by atoms with E-state index in [1.807, 2.05) is 17.8 Å². The van der Waals surface area contributed by atoms with Crippen molar-refractivity contribution in [2.24, 2.45) is 0 Å². The van der Waals surface area contributed by atoms with Crippen LogP contribution >= 0.6 is 11.8 Å². The molecule has 1 saturated carbocycles. The van der Waals surface area contributed by atoms with Gasteiger partial charge in [0.2, 0.25) is 0 Å². The van der Waals surface area contributed by atoms with Crippen LogP contribution in [0.15, 0.2) is 23.1 Å². The first kappa shape index (κ1) is 13.3. The highest BCUT2D eigenvalue weighted by Gasteiger charge is 2.40. The molecule has 1 aliphatic carbocycles. The second-order valence-electron chi connectivity index (χ2n) is 6.00. The summed E-state index contributed by atoms with van der Waals surface area (Å²) in [6, 6.07) is 6.26. The van der Waals surface area contributed by atoms with E-state index in [1.165, 1.54) is 49.0 Å². The first-order valence-corrected chi connectivity index (χ1v) is 8.22. The minimum Gasteiger partial charge on any atom is -0.399 e. The van der Waals surface area contributed by atoms with Crippen molar-refractivity contribution in [3.8, 4) is 0 Å². The average Bonchev–Trinajstić information content (AvgIpc) is 2.81. The van der Waals surface area contributed by atoms with Gasteiger partial charge in [0.1, 0.15) is 0 Å². The van der Waals surface area contributed by atoms with E-state index in [9.17, 15) is 0 Å². The van der Waals surface area contributed by atoms with Crippen molar-refractivity contribution < 1.29 is 4.74 Å².